The van der Waals surface area contributed by atoms with E-state index in [-0.39, 0.29) is 11.7 Å². The van der Waals surface area contributed by atoms with E-state index in [2.05, 4.69) is 39.0 Å². The summed E-state index contributed by atoms with van der Waals surface area (Å²) in [5.41, 5.74) is 4.30. The van der Waals surface area contributed by atoms with E-state index in [1.54, 1.807) is 6.08 Å². The van der Waals surface area contributed by atoms with Crippen molar-refractivity contribution < 1.29 is 5.11 Å². The highest BCUT2D eigenvalue weighted by Crippen LogP contribution is 2.17. The summed E-state index contributed by atoms with van der Waals surface area (Å²) in [7, 11) is 0. The molecule has 22 heavy (non-hydrogen) atoms. The minimum Gasteiger partial charge on any atom is -0.508 e. The van der Waals surface area contributed by atoms with Crippen LogP contribution in [0, 0.1) is 17.2 Å². The van der Waals surface area contributed by atoms with Gasteiger partial charge in [0.1, 0.15) is 5.76 Å². The van der Waals surface area contributed by atoms with Crippen LogP contribution in [0.1, 0.15) is 67.2 Å². The second-order valence-electron chi connectivity index (χ2n) is 6.44. The molecule has 0 aliphatic carbocycles. The van der Waals surface area contributed by atoms with Gasteiger partial charge >= 0.3 is 0 Å². The molecule has 0 aromatic carbocycles. The number of rotatable bonds is 8. The first-order valence-electron chi connectivity index (χ1n) is 8.07. The Morgan fingerprint density at radius 2 is 1.64 bits per heavy atom. The van der Waals surface area contributed by atoms with Crippen LogP contribution in [0.2, 0.25) is 0 Å². The van der Waals surface area contributed by atoms with Crippen LogP contribution in [0.25, 0.3) is 0 Å². The van der Waals surface area contributed by atoms with Gasteiger partial charge in [0.2, 0.25) is 0 Å². The summed E-state index contributed by atoms with van der Waals surface area (Å²) in [6, 6.07) is 2.14. The second kappa shape index (κ2) is 10.9. The highest BCUT2D eigenvalue weighted by Gasteiger charge is 2.04. The molecule has 0 fully saturated rings. The lowest BCUT2D eigenvalue weighted by molar-refractivity contribution is 0.421. The Labute approximate surface area is 136 Å². The van der Waals surface area contributed by atoms with Gasteiger partial charge in [-0.25, -0.2) is 0 Å². The van der Waals surface area contributed by atoms with Gasteiger partial charge in [-0.15, -0.1) is 0 Å². The van der Waals surface area contributed by atoms with Crippen molar-refractivity contribution in [3.8, 4) is 6.07 Å². The Balaban J connectivity index is 4.54. The Morgan fingerprint density at radius 3 is 2.14 bits per heavy atom. The van der Waals surface area contributed by atoms with Gasteiger partial charge in [0.05, 0.1) is 6.07 Å². The van der Waals surface area contributed by atoms with E-state index in [0.717, 1.165) is 31.3 Å². The average molecular weight is 301 g/mol. The summed E-state index contributed by atoms with van der Waals surface area (Å²) in [5.74, 6) is 0.373. The highest BCUT2D eigenvalue weighted by atomic mass is 16.3. The summed E-state index contributed by atoms with van der Waals surface area (Å²) >= 11 is 0. The first kappa shape index (κ1) is 20.2. The summed E-state index contributed by atoms with van der Waals surface area (Å²) in [5, 5.41) is 19.1. The molecular weight excluding hydrogens is 270 g/mol. The van der Waals surface area contributed by atoms with E-state index in [1.165, 1.54) is 11.1 Å². The molecule has 0 aliphatic heterocycles. The Hall–Kier alpha value is -1.75. The zero-order valence-corrected chi connectivity index (χ0v) is 15.0. The highest BCUT2D eigenvalue weighted by molar-refractivity contribution is 5.31. The number of allylic oxidation sites excluding steroid dienone is 7. The molecule has 0 spiro atoms. The first-order chi connectivity index (χ1) is 10.3. The zero-order chi connectivity index (χ0) is 17.1. The van der Waals surface area contributed by atoms with E-state index in [4.69, 9.17) is 5.26 Å². The van der Waals surface area contributed by atoms with Crippen molar-refractivity contribution in [1.82, 2.24) is 0 Å². The van der Waals surface area contributed by atoms with Crippen LogP contribution in [-0.2, 0) is 0 Å². The first-order valence-corrected chi connectivity index (χ1v) is 8.07. The van der Waals surface area contributed by atoms with Gasteiger partial charge < -0.3 is 5.11 Å². The lowest BCUT2D eigenvalue weighted by Gasteiger charge is -2.05. The molecule has 0 aromatic rings. The molecule has 0 saturated heterocycles. The van der Waals surface area contributed by atoms with Gasteiger partial charge in [-0.3, -0.25) is 0 Å². The van der Waals surface area contributed by atoms with E-state index >= 15 is 0 Å². The molecule has 0 unspecified atom stereocenters. The van der Waals surface area contributed by atoms with E-state index in [1.807, 2.05) is 20.8 Å². The maximum absolute atomic E-state index is 10.1. The van der Waals surface area contributed by atoms with Crippen LogP contribution in [0.15, 0.2) is 46.3 Å². The quantitative estimate of drug-likeness (QED) is 0.244. The standard InChI is InChI=1S/C20H31NO/c1-15(2)9-7-10-17(5)11-8-12-18(6)20(22)13-19(14-21)16(3)4/h9,11,13,16,22H,7-8,10,12H2,1-6H3. The number of nitriles is 1. The molecule has 122 valence electrons. The number of hydrogen-bond donors (Lipinski definition) is 1. The fourth-order valence-electron chi connectivity index (χ4n) is 1.95. The van der Waals surface area contributed by atoms with Gasteiger partial charge in [0.25, 0.3) is 0 Å². The SMILES string of the molecule is CC(C)=CCCC(C)=CCCC(C)=C(O)C=C(C#N)C(C)C. The number of hydrogen-bond acceptors (Lipinski definition) is 2. The largest absolute Gasteiger partial charge is 0.508 e. The third-order valence-corrected chi connectivity index (χ3v) is 3.58. The smallest absolute Gasteiger partial charge is 0.115 e. The van der Waals surface area contributed by atoms with E-state index < -0.39 is 0 Å². The molecular formula is C20H31NO. The molecule has 0 radical (unpaired) electrons. The molecule has 1 N–H and O–H groups in total. The fraction of sp³-hybridized carbons (Fsp3) is 0.550. The molecule has 0 saturated carbocycles. The van der Waals surface area contributed by atoms with Crippen molar-refractivity contribution in [2.24, 2.45) is 5.92 Å². The number of aliphatic hydroxyl groups is 1. The van der Waals surface area contributed by atoms with Gasteiger partial charge in [-0.1, -0.05) is 37.1 Å². The van der Waals surface area contributed by atoms with E-state index in [9.17, 15) is 5.11 Å². The second-order valence-corrected chi connectivity index (χ2v) is 6.44. The molecule has 0 amide bonds. The summed E-state index contributed by atoms with van der Waals surface area (Å²) in [4.78, 5) is 0. The van der Waals surface area contributed by atoms with E-state index in [0.29, 0.717) is 5.57 Å². The fourth-order valence-corrected chi connectivity index (χ4v) is 1.95. The monoisotopic (exact) mass is 301 g/mol. The predicted molar refractivity (Wildman–Crippen MR) is 95.5 cm³/mol. The van der Waals surface area contributed by atoms with Crippen molar-refractivity contribution in [2.75, 3.05) is 0 Å². The summed E-state index contributed by atoms with van der Waals surface area (Å²) < 4.78 is 0. The normalized spacial score (nSPS) is 13.7. The maximum Gasteiger partial charge on any atom is 0.115 e. The lowest BCUT2D eigenvalue weighted by Crippen LogP contribution is -1.93. The minimum absolute atomic E-state index is 0.136. The molecule has 2 nitrogen and oxygen atoms in total. The van der Waals surface area contributed by atoms with Crippen molar-refractivity contribution in [3.63, 3.8) is 0 Å². The van der Waals surface area contributed by atoms with Crippen molar-refractivity contribution in [3.05, 3.63) is 46.3 Å². The number of nitrogens with zero attached hydrogens (tertiary/aromatic N) is 1. The Morgan fingerprint density at radius 1 is 1.05 bits per heavy atom. The van der Waals surface area contributed by atoms with Crippen LogP contribution in [0.3, 0.4) is 0 Å². The average Bonchev–Trinajstić information content (AvgIpc) is 2.43. The molecule has 0 rings (SSSR count). The Bertz CT molecular complexity index is 506. The molecule has 0 aromatic heterocycles. The molecule has 0 heterocycles. The third-order valence-electron chi connectivity index (χ3n) is 3.58. The van der Waals surface area contributed by atoms with Gasteiger partial charge in [-0.2, -0.15) is 5.26 Å². The summed E-state index contributed by atoms with van der Waals surface area (Å²) in [6.07, 6.45) is 10.0. The Kier molecular flexibility index (Phi) is 10.0. The van der Waals surface area contributed by atoms with Crippen molar-refractivity contribution >= 4 is 0 Å². The molecule has 2 heteroatoms. The topological polar surface area (TPSA) is 44.0 Å². The maximum atomic E-state index is 10.1. The molecule has 0 atom stereocenters. The number of aliphatic hydroxyl groups excluding tert-OH is 1. The summed E-state index contributed by atoms with van der Waals surface area (Å²) in [6.45, 7) is 12.2. The van der Waals surface area contributed by atoms with Gasteiger partial charge in [0, 0.05) is 5.57 Å². The third kappa shape index (κ3) is 9.23. The van der Waals surface area contributed by atoms with Crippen LogP contribution in [0.4, 0.5) is 0 Å². The van der Waals surface area contributed by atoms with Crippen molar-refractivity contribution in [1.29, 1.82) is 5.26 Å². The van der Waals surface area contributed by atoms with Crippen LogP contribution < -0.4 is 0 Å². The zero-order valence-electron chi connectivity index (χ0n) is 15.0. The van der Waals surface area contributed by atoms with Crippen LogP contribution in [-0.4, -0.2) is 5.11 Å². The van der Waals surface area contributed by atoms with Crippen LogP contribution >= 0.6 is 0 Å². The lowest BCUT2D eigenvalue weighted by atomic mass is 10.0. The predicted octanol–water partition coefficient (Wildman–Crippen LogP) is 6.40. The van der Waals surface area contributed by atoms with Gasteiger partial charge in [0.15, 0.2) is 0 Å². The van der Waals surface area contributed by atoms with Crippen molar-refractivity contribution in [2.45, 2.75) is 67.2 Å². The van der Waals surface area contributed by atoms with Gasteiger partial charge in [-0.05, 0) is 70.9 Å². The molecule has 0 aliphatic rings. The van der Waals surface area contributed by atoms with Crippen LogP contribution in [0.5, 0.6) is 0 Å². The molecule has 0 bridgehead atoms. The minimum atomic E-state index is 0.136.